The first kappa shape index (κ1) is 19.5. The number of nitrogens with one attached hydrogen (secondary N) is 1. The second-order valence-electron chi connectivity index (χ2n) is 6.51. The van der Waals surface area contributed by atoms with Crippen LogP contribution in [0.4, 0.5) is 0 Å². The molecule has 0 fully saturated rings. The Morgan fingerprint density at radius 1 is 1.12 bits per heavy atom. The summed E-state index contributed by atoms with van der Waals surface area (Å²) in [6, 6.07) is 14.7. The molecule has 0 unspecified atom stereocenters. The third-order valence-corrected chi connectivity index (χ3v) is 4.28. The highest BCUT2D eigenvalue weighted by atomic mass is 16.3. The van der Waals surface area contributed by atoms with Gasteiger partial charge in [0.2, 0.25) is 5.91 Å². The zero-order valence-electron chi connectivity index (χ0n) is 15.5. The summed E-state index contributed by atoms with van der Waals surface area (Å²) in [7, 11) is 0. The molecule has 26 heavy (non-hydrogen) atoms. The quantitative estimate of drug-likeness (QED) is 0.801. The molecule has 0 bridgehead atoms. The summed E-state index contributed by atoms with van der Waals surface area (Å²) in [5, 5.41) is 12.7. The van der Waals surface area contributed by atoms with E-state index in [1.165, 1.54) is 0 Å². The molecule has 2 rings (SSSR count). The smallest absolute Gasteiger partial charge is 0.255 e. The van der Waals surface area contributed by atoms with E-state index in [4.69, 9.17) is 0 Å². The van der Waals surface area contributed by atoms with Crippen LogP contribution in [0, 0.1) is 0 Å². The Morgan fingerprint density at radius 2 is 1.81 bits per heavy atom. The van der Waals surface area contributed by atoms with Gasteiger partial charge in [0.15, 0.2) is 0 Å². The number of benzene rings is 2. The van der Waals surface area contributed by atoms with Gasteiger partial charge in [0, 0.05) is 13.1 Å². The molecule has 2 aromatic carbocycles. The van der Waals surface area contributed by atoms with Crippen LogP contribution in [0.2, 0.25) is 0 Å². The molecule has 2 aromatic rings. The highest BCUT2D eigenvalue weighted by Crippen LogP contribution is 2.23. The van der Waals surface area contributed by atoms with Crippen molar-refractivity contribution in [2.75, 3.05) is 13.1 Å². The molecule has 138 valence electrons. The first-order valence-electron chi connectivity index (χ1n) is 8.85. The van der Waals surface area contributed by atoms with Gasteiger partial charge in [-0.2, -0.15) is 0 Å². The van der Waals surface area contributed by atoms with Crippen molar-refractivity contribution in [3.63, 3.8) is 0 Å². The van der Waals surface area contributed by atoms with Gasteiger partial charge in [-0.15, -0.1) is 0 Å². The molecule has 0 aliphatic heterocycles. The average Bonchev–Trinajstić information content (AvgIpc) is 2.64. The van der Waals surface area contributed by atoms with Crippen LogP contribution in [0.1, 0.15) is 48.2 Å². The molecular weight excluding hydrogens is 328 g/mol. The summed E-state index contributed by atoms with van der Waals surface area (Å²) in [5.41, 5.74) is 2.17. The number of nitrogens with zero attached hydrogens (tertiary/aromatic N) is 1. The summed E-state index contributed by atoms with van der Waals surface area (Å²) in [6.45, 7) is 6.88. The Kier molecular flexibility index (Phi) is 6.78. The van der Waals surface area contributed by atoms with Gasteiger partial charge in [-0.3, -0.25) is 9.59 Å². The number of carbonyl (C=O) groups excluding carboxylic acids is 2. The van der Waals surface area contributed by atoms with Gasteiger partial charge in [-0.25, -0.2) is 0 Å². The van der Waals surface area contributed by atoms with Crippen molar-refractivity contribution in [1.29, 1.82) is 0 Å². The maximum atomic E-state index is 12.4. The van der Waals surface area contributed by atoms with Crippen LogP contribution in [0.3, 0.4) is 0 Å². The Labute approximate surface area is 154 Å². The summed E-state index contributed by atoms with van der Waals surface area (Å²) in [5.74, 6) is -0.432. The van der Waals surface area contributed by atoms with Crippen LogP contribution in [-0.2, 0) is 11.3 Å². The van der Waals surface area contributed by atoms with Crippen molar-refractivity contribution in [1.82, 2.24) is 10.2 Å². The number of rotatable bonds is 7. The van der Waals surface area contributed by atoms with Gasteiger partial charge in [0.25, 0.3) is 5.91 Å². The van der Waals surface area contributed by atoms with E-state index in [1.54, 1.807) is 17.0 Å². The van der Waals surface area contributed by atoms with Gasteiger partial charge in [0.1, 0.15) is 5.75 Å². The van der Waals surface area contributed by atoms with Crippen LogP contribution in [0.5, 0.6) is 5.75 Å². The van der Waals surface area contributed by atoms with E-state index in [0.29, 0.717) is 13.1 Å². The molecule has 0 atom stereocenters. The molecule has 2 amide bonds. The second-order valence-corrected chi connectivity index (χ2v) is 6.51. The third-order valence-electron chi connectivity index (χ3n) is 4.28. The summed E-state index contributed by atoms with van der Waals surface area (Å²) in [4.78, 5) is 26.3. The average molecular weight is 354 g/mol. The highest BCUT2D eigenvalue weighted by Gasteiger charge is 2.16. The largest absolute Gasteiger partial charge is 0.507 e. The lowest BCUT2D eigenvalue weighted by Crippen LogP contribution is -2.39. The van der Waals surface area contributed by atoms with Crippen LogP contribution < -0.4 is 5.32 Å². The summed E-state index contributed by atoms with van der Waals surface area (Å²) < 4.78 is 0. The van der Waals surface area contributed by atoms with Gasteiger partial charge < -0.3 is 15.3 Å². The Morgan fingerprint density at radius 3 is 2.38 bits per heavy atom. The zero-order chi connectivity index (χ0) is 19.1. The Hall–Kier alpha value is -2.82. The van der Waals surface area contributed by atoms with Crippen molar-refractivity contribution in [3.05, 3.63) is 65.2 Å². The first-order chi connectivity index (χ1) is 12.4. The van der Waals surface area contributed by atoms with Gasteiger partial charge in [0.05, 0.1) is 12.1 Å². The highest BCUT2D eigenvalue weighted by molar-refractivity contribution is 5.98. The fourth-order valence-corrected chi connectivity index (χ4v) is 2.64. The molecule has 5 nitrogen and oxygen atoms in total. The molecule has 0 aromatic heterocycles. The van der Waals surface area contributed by atoms with Crippen molar-refractivity contribution >= 4 is 11.8 Å². The van der Waals surface area contributed by atoms with E-state index in [-0.39, 0.29) is 29.7 Å². The molecule has 0 spiro atoms. The minimum atomic E-state index is -0.457. The van der Waals surface area contributed by atoms with E-state index in [9.17, 15) is 14.7 Å². The minimum Gasteiger partial charge on any atom is -0.507 e. The molecule has 0 aliphatic carbocycles. The van der Waals surface area contributed by atoms with Crippen LogP contribution in [0.25, 0.3) is 0 Å². The predicted molar refractivity (Wildman–Crippen MR) is 102 cm³/mol. The second kappa shape index (κ2) is 9.04. The molecule has 0 saturated carbocycles. The minimum absolute atomic E-state index is 0.0715. The number of aromatic hydroxyl groups is 1. The molecule has 0 heterocycles. The number of likely N-dealkylation sites (N-methyl/N-ethyl adjacent to an activating group) is 1. The van der Waals surface area contributed by atoms with Crippen LogP contribution >= 0.6 is 0 Å². The SMILES string of the molecule is CCN(Cc1ccccc1)C(=O)CNC(=O)c1ccc(C(C)C)cc1O. The van der Waals surface area contributed by atoms with E-state index in [1.807, 2.05) is 57.2 Å². The summed E-state index contributed by atoms with van der Waals surface area (Å²) >= 11 is 0. The standard InChI is InChI=1S/C21H26N2O3/c1-4-23(14-16-8-6-5-7-9-16)20(25)13-22-21(26)18-11-10-17(15(2)3)12-19(18)24/h5-12,15,24H,4,13-14H2,1-3H3,(H,22,26). The number of phenols is 1. The fourth-order valence-electron chi connectivity index (χ4n) is 2.64. The predicted octanol–water partition coefficient (Wildman–Crippen LogP) is 3.29. The van der Waals surface area contributed by atoms with Crippen LogP contribution in [-0.4, -0.2) is 34.9 Å². The van der Waals surface area contributed by atoms with Crippen LogP contribution in [0.15, 0.2) is 48.5 Å². The first-order valence-corrected chi connectivity index (χ1v) is 8.85. The lowest BCUT2D eigenvalue weighted by atomic mass is 10.0. The lowest BCUT2D eigenvalue weighted by molar-refractivity contribution is -0.130. The van der Waals surface area contributed by atoms with E-state index >= 15 is 0 Å². The topological polar surface area (TPSA) is 69.6 Å². The van der Waals surface area contributed by atoms with E-state index < -0.39 is 5.91 Å². The Balaban J connectivity index is 1.96. The molecule has 2 N–H and O–H groups in total. The third kappa shape index (κ3) is 5.09. The number of amides is 2. The molecule has 5 heteroatoms. The maximum Gasteiger partial charge on any atom is 0.255 e. The maximum absolute atomic E-state index is 12.4. The monoisotopic (exact) mass is 354 g/mol. The van der Waals surface area contributed by atoms with Crippen molar-refractivity contribution in [2.24, 2.45) is 0 Å². The number of phenolic OH excluding ortho intramolecular Hbond substituents is 1. The molecule has 0 aliphatic rings. The normalized spacial score (nSPS) is 10.6. The number of carbonyl (C=O) groups is 2. The fraction of sp³-hybridized carbons (Fsp3) is 0.333. The number of hydrogen-bond acceptors (Lipinski definition) is 3. The molecular formula is C21H26N2O3. The Bertz CT molecular complexity index is 757. The molecule has 0 saturated heterocycles. The number of hydrogen-bond donors (Lipinski definition) is 2. The van der Waals surface area contributed by atoms with Crippen molar-refractivity contribution in [2.45, 2.75) is 33.2 Å². The van der Waals surface area contributed by atoms with Gasteiger partial charge >= 0.3 is 0 Å². The zero-order valence-corrected chi connectivity index (χ0v) is 15.5. The van der Waals surface area contributed by atoms with E-state index in [0.717, 1.165) is 11.1 Å². The lowest BCUT2D eigenvalue weighted by Gasteiger charge is -2.21. The van der Waals surface area contributed by atoms with Gasteiger partial charge in [-0.1, -0.05) is 50.2 Å². The van der Waals surface area contributed by atoms with Gasteiger partial charge in [-0.05, 0) is 36.1 Å². The van der Waals surface area contributed by atoms with Crippen molar-refractivity contribution < 1.29 is 14.7 Å². The summed E-state index contributed by atoms with van der Waals surface area (Å²) in [6.07, 6.45) is 0. The van der Waals surface area contributed by atoms with Crippen molar-refractivity contribution in [3.8, 4) is 5.75 Å². The molecule has 0 radical (unpaired) electrons. The van der Waals surface area contributed by atoms with E-state index in [2.05, 4.69) is 5.32 Å².